The van der Waals surface area contributed by atoms with Gasteiger partial charge in [0.15, 0.2) is 5.78 Å². The minimum Gasteiger partial charge on any atom is -0.462 e. The number of ketones is 1. The fourth-order valence-electron chi connectivity index (χ4n) is 1.24. The van der Waals surface area contributed by atoms with Gasteiger partial charge >= 0.3 is 5.97 Å². The average molecular weight is 182 g/mol. The lowest BCUT2D eigenvalue weighted by atomic mass is 9.80. The molecule has 0 aliphatic heterocycles. The van der Waals surface area contributed by atoms with Gasteiger partial charge in [0, 0.05) is 5.92 Å². The van der Waals surface area contributed by atoms with Gasteiger partial charge in [-0.15, -0.1) is 0 Å². The predicted molar refractivity (Wildman–Crippen MR) is 48.1 cm³/mol. The molecule has 13 heavy (non-hydrogen) atoms. The van der Waals surface area contributed by atoms with Crippen LogP contribution < -0.4 is 0 Å². The lowest BCUT2D eigenvalue weighted by Crippen LogP contribution is -2.27. The molecule has 1 aliphatic rings. The van der Waals surface area contributed by atoms with E-state index in [0.717, 1.165) is 19.3 Å². The Labute approximate surface area is 77.8 Å². The number of carbonyl (C=O) groups is 2. The predicted octanol–water partition coefficient (Wildman–Crippen LogP) is 1.47. The second-order valence-corrected chi connectivity index (χ2v) is 3.19. The highest BCUT2D eigenvalue weighted by molar-refractivity contribution is 6.17. The van der Waals surface area contributed by atoms with Crippen LogP contribution in [0.25, 0.3) is 0 Å². The topological polar surface area (TPSA) is 43.4 Å². The first kappa shape index (κ1) is 9.96. The maximum absolute atomic E-state index is 11.4. The summed E-state index contributed by atoms with van der Waals surface area (Å²) in [5.74, 6) is -0.680. The SMILES string of the molecule is C=C(C(=O)OCC)C(=O)C1CCC1. The highest BCUT2D eigenvalue weighted by Crippen LogP contribution is 2.29. The Morgan fingerprint density at radius 2 is 2.08 bits per heavy atom. The molecule has 0 aromatic carbocycles. The molecule has 0 saturated heterocycles. The third kappa shape index (κ3) is 2.17. The molecular formula is C10H14O3. The fraction of sp³-hybridized carbons (Fsp3) is 0.600. The smallest absolute Gasteiger partial charge is 0.341 e. The quantitative estimate of drug-likeness (QED) is 0.286. The number of rotatable bonds is 4. The standard InChI is InChI=1S/C10H14O3/c1-3-13-10(12)7(2)9(11)8-5-4-6-8/h8H,2-6H2,1H3. The summed E-state index contributed by atoms with van der Waals surface area (Å²) in [5.41, 5.74) is 0.00606. The molecular weight excluding hydrogens is 168 g/mol. The normalized spacial score (nSPS) is 16.1. The number of hydrogen-bond acceptors (Lipinski definition) is 3. The van der Waals surface area contributed by atoms with Gasteiger partial charge in [-0.05, 0) is 19.8 Å². The van der Waals surface area contributed by atoms with Crippen molar-refractivity contribution >= 4 is 11.8 Å². The number of carbonyl (C=O) groups excluding carboxylic acids is 2. The van der Waals surface area contributed by atoms with Gasteiger partial charge in [-0.3, -0.25) is 4.79 Å². The molecule has 1 fully saturated rings. The highest BCUT2D eigenvalue weighted by Gasteiger charge is 2.29. The lowest BCUT2D eigenvalue weighted by molar-refractivity contribution is -0.140. The fourth-order valence-corrected chi connectivity index (χ4v) is 1.24. The Hall–Kier alpha value is -1.12. The molecule has 3 heteroatoms. The monoisotopic (exact) mass is 182 g/mol. The van der Waals surface area contributed by atoms with Crippen molar-refractivity contribution in [1.29, 1.82) is 0 Å². The molecule has 0 N–H and O–H groups in total. The zero-order chi connectivity index (χ0) is 9.84. The molecule has 0 unspecified atom stereocenters. The van der Waals surface area contributed by atoms with Crippen molar-refractivity contribution in [3.63, 3.8) is 0 Å². The highest BCUT2D eigenvalue weighted by atomic mass is 16.5. The first-order valence-corrected chi connectivity index (χ1v) is 4.57. The van der Waals surface area contributed by atoms with Crippen LogP contribution in [0.1, 0.15) is 26.2 Å². The second-order valence-electron chi connectivity index (χ2n) is 3.19. The van der Waals surface area contributed by atoms with Crippen LogP contribution in [0, 0.1) is 5.92 Å². The van der Waals surface area contributed by atoms with Crippen molar-refractivity contribution in [2.45, 2.75) is 26.2 Å². The lowest BCUT2D eigenvalue weighted by Gasteiger charge is -2.23. The molecule has 3 nitrogen and oxygen atoms in total. The van der Waals surface area contributed by atoms with Crippen LogP contribution in [0.4, 0.5) is 0 Å². The first-order valence-electron chi connectivity index (χ1n) is 4.57. The zero-order valence-corrected chi connectivity index (χ0v) is 7.84. The van der Waals surface area contributed by atoms with Crippen LogP contribution in [-0.4, -0.2) is 18.4 Å². The molecule has 0 amide bonds. The van der Waals surface area contributed by atoms with Crippen LogP contribution in [-0.2, 0) is 14.3 Å². The minimum absolute atomic E-state index is 0.00606. The van der Waals surface area contributed by atoms with Crippen LogP contribution in [0.2, 0.25) is 0 Å². The van der Waals surface area contributed by atoms with Gasteiger partial charge in [0.25, 0.3) is 0 Å². The van der Waals surface area contributed by atoms with Crippen LogP contribution >= 0.6 is 0 Å². The molecule has 72 valence electrons. The molecule has 0 heterocycles. The van der Waals surface area contributed by atoms with Gasteiger partial charge in [-0.2, -0.15) is 0 Å². The van der Waals surface area contributed by atoms with Crippen molar-refractivity contribution in [3.8, 4) is 0 Å². The number of ether oxygens (including phenoxy) is 1. The van der Waals surface area contributed by atoms with Gasteiger partial charge in [-0.1, -0.05) is 13.0 Å². The maximum Gasteiger partial charge on any atom is 0.341 e. The summed E-state index contributed by atoms with van der Waals surface area (Å²) in [6, 6.07) is 0. The average Bonchev–Trinajstić information content (AvgIpc) is 2.00. The first-order chi connectivity index (χ1) is 6.16. The van der Waals surface area contributed by atoms with Gasteiger partial charge in [0.2, 0.25) is 0 Å². The third-order valence-electron chi connectivity index (χ3n) is 2.30. The van der Waals surface area contributed by atoms with Gasteiger partial charge < -0.3 is 4.74 Å². The van der Waals surface area contributed by atoms with Crippen LogP contribution in [0.5, 0.6) is 0 Å². The third-order valence-corrected chi connectivity index (χ3v) is 2.30. The van der Waals surface area contributed by atoms with E-state index in [9.17, 15) is 9.59 Å². The van der Waals surface area contributed by atoms with Crippen molar-refractivity contribution in [2.24, 2.45) is 5.92 Å². The van der Waals surface area contributed by atoms with E-state index in [0.29, 0.717) is 0 Å². The summed E-state index contributed by atoms with van der Waals surface area (Å²) in [6.45, 7) is 5.45. The summed E-state index contributed by atoms with van der Waals surface area (Å²) >= 11 is 0. The largest absolute Gasteiger partial charge is 0.462 e. The number of Topliss-reactive ketones (excluding diaryl/α,β-unsaturated/α-hetero) is 1. The van der Waals surface area contributed by atoms with Crippen molar-refractivity contribution in [3.05, 3.63) is 12.2 Å². The molecule has 0 radical (unpaired) electrons. The van der Waals surface area contributed by atoms with E-state index in [1.165, 1.54) is 0 Å². The summed E-state index contributed by atoms with van der Waals surface area (Å²) < 4.78 is 4.68. The van der Waals surface area contributed by atoms with E-state index in [1.54, 1.807) is 6.92 Å². The van der Waals surface area contributed by atoms with Gasteiger partial charge in [0.1, 0.15) is 0 Å². The molecule has 0 atom stereocenters. The van der Waals surface area contributed by atoms with Crippen molar-refractivity contribution in [2.75, 3.05) is 6.61 Å². The van der Waals surface area contributed by atoms with E-state index >= 15 is 0 Å². The number of esters is 1. The summed E-state index contributed by atoms with van der Waals surface area (Å²) in [6.07, 6.45) is 2.85. The molecule has 1 saturated carbocycles. The Kier molecular flexibility index (Phi) is 3.23. The zero-order valence-electron chi connectivity index (χ0n) is 7.84. The van der Waals surface area contributed by atoms with Gasteiger partial charge in [-0.25, -0.2) is 4.79 Å². The Bertz CT molecular complexity index is 239. The van der Waals surface area contributed by atoms with E-state index in [2.05, 4.69) is 11.3 Å². The molecule has 1 rings (SSSR count). The summed E-state index contributed by atoms with van der Waals surface area (Å²) in [7, 11) is 0. The van der Waals surface area contributed by atoms with E-state index in [1.807, 2.05) is 0 Å². The Morgan fingerprint density at radius 1 is 1.46 bits per heavy atom. The molecule has 1 aliphatic carbocycles. The summed E-state index contributed by atoms with van der Waals surface area (Å²) in [5, 5.41) is 0. The van der Waals surface area contributed by atoms with E-state index in [-0.39, 0.29) is 23.9 Å². The maximum atomic E-state index is 11.4. The molecule has 0 aromatic rings. The molecule has 0 bridgehead atoms. The van der Waals surface area contributed by atoms with E-state index in [4.69, 9.17) is 0 Å². The van der Waals surface area contributed by atoms with Gasteiger partial charge in [0.05, 0.1) is 12.2 Å². The van der Waals surface area contributed by atoms with Crippen molar-refractivity contribution in [1.82, 2.24) is 0 Å². The van der Waals surface area contributed by atoms with E-state index < -0.39 is 5.97 Å². The molecule has 0 spiro atoms. The van der Waals surface area contributed by atoms with Crippen LogP contribution in [0.15, 0.2) is 12.2 Å². The summed E-state index contributed by atoms with van der Waals surface area (Å²) in [4.78, 5) is 22.5. The van der Waals surface area contributed by atoms with Crippen molar-refractivity contribution < 1.29 is 14.3 Å². The van der Waals surface area contributed by atoms with Crippen LogP contribution in [0.3, 0.4) is 0 Å². The Balaban J connectivity index is 2.46. The minimum atomic E-state index is -0.570. The second kappa shape index (κ2) is 4.21. The Morgan fingerprint density at radius 3 is 2.46 bits per heavy atom. The number of hydrogen-bond donors (Lipinski definition) is 0. The molecule has 0 aromatic heterocycles.